The second-order valence-electron chi connectivity index (χ2n) is 2.00. The average Bonchev–Trinajstić information content (AvgIpc) is 1.90. The molecule has 1 unspecified atom stereocenters. The molecule has 1 heterocycles. The lowest BCUT2D eigenvalue weighted by molar-refractivity contribution is 0.471. The lowest BCUT2D eigenvalue weighted by Gasteiger charge is -2.20. The summed E-state index contributed by atoms with van der Waals surface area (Å²) in [5.74, 6) is 0. The average molecular weight is 185 g/mol. The van der Waals surface area contributed by atoms with Crippen LogP contribution < -0.4 is 10.6 Å². The summed E-state index contributed by atoms with van der Waals surface area (Å²) in [6.07, 6.45) is 1.94. The van der Waals surface area contributed by atoms with Gasteiger partial charge in [-0.3, -0.25) is 0 Å². The molecule has 62 valence electrons. The number of hydrogen-bond acceptors (Lipinski definition) is 2. The first-order valence-corrected chi connectivity index (χ1v) is 3.00. The summed E-state index contributed by atoms with van der Waals surface area (Å²) < 4.78 is 0. The van der Waals surface area contributed by atoms with E-state index in [4.69, 9.17) is 0 Å². The van der Waals surface area contributed by atoms with Gasteiger partial charge in [-0.05, 0) is 0 Å². The van der Waals surface area contributed by atoms with E-state index in [0.717, 1.165) is 19.6 Å². The van der Waals surface area contributed by atoms with Gasteiger partial charge in [0.1, 0.15) is 0 Å². The molecule has 0 bridgehead atoms. The van der Waals surface area contributed by atoms with Crippen molar-refractivity contribution in [2.45, 2.75) is 6.04 Å². The SMILES string of the molecule is C=CC1CNCCN1.Cl.Cl. The van der Waals surface area contributed by atoms with Gasteiger partial charge in [-0.25, -0.2) is 0 Å². The van der Waals surface area contributed by atoms with Crippen molar-refractivity contribution in [3.8, 4) is 0 Å². The smallest absolute Gasteiger partial charge is 0.0373 e. The van der Waals surface area contributed by atoms with Crippen LogP contribution in [0, 0.1) is 0 Å². The third-order valence-corrected chi connectivity index (χ3v) is 1.36. The fourth-order valence-corrected chi connectivity index (χ4v) is 0.842. The zero-order valence-corrected chi connectivity index (χ0v) is 7.43. The molecule has 4 heteroatoms. The van der Waals surface area contributed by atoms with Crippen LogP contribution >= 0.6 is 24.8 Å². The molecule has 10 heavy (non-hydrogen) atoms. The normalized spacial score (nSPS) is 23.8. The zero-order chi connectivity index (χ0) is 5.82. The van der Waals surface area contributed by atoms with E-state index in [-0.39, 0.29) is 24.8 Å². The highest BCUT2D eigenvalue weighted by Crippen LogP contribution is 1.85. The Labute approximate surface area is 74.3 Å². The second-order valence-corrected chi connectivity index (χ2v) is 2.00. The maximum atomic E-state index is 3.68. The molecule has 1 aliphatic heterocycles. The van der Waals surface area contributed by atoms with Gasteiger partial charge in [-0.1, -0.05) is 6.08 Å². The third kappa shape index (κ3) is 4.12. The zero-order valence-electron chi connectivity index (χ0n) is 5.80. The molecule has 1 saturated heterocycles. The Morgan fingerprint density at radius 3 is 2.30 bits per heavy atom. The van der Waals surface area contributed by atoms with E-state index in [1.165, 1.54) is 0 Å². The summed E-state index contributed by atoms with van der Waals surface area (Å²) in [5.41, 5.74) is 0. The monoisotopic (exact) mass is 184 g/mol. The topological polar surface area (TPSA) is 24.1 Å². The molecule has 0 radical (unpaired) electrons. The van der Waals surface area contributed by atoms with Crippen molar-refractivity contribution in [2.75, 3.05) is 19.6 Å². The van der Waals surface area contributed by atoms with Crippen molar-refractivity contribution in [1.29, 1.82) is 0 Å². The molecule has 0 aliphatic carbocycles. The quantitative estimate of drug-likeness (QED) is 0.584. The number of halogens is 2. The maximum absolute atomic E-state index is 3.68. The summed E-state index contributed by atoms with van der Waals surface area (Å²) in [6.45, 7) is 6.87. The first-order chi connectivity index (χ1) is 3.93. The lowest BCUT2D eigenvalue weighted by atomic mass is 10.2. The Hall–Kier alpha value is 0.240. The molecular weight excluding hydrogens is 171 g/mol. The number of piperazine rings is 1. The molecule has 1 rings (SSSR count). The van der Waals surface area contributed by atoms with Gasteiger partial charge in [0.05, 0.1) is 0 Å². The minimum atomic E-state index is 0. The van der Waals surface area contributed by atoms with E-state index in [2.05, 4.69) is 17.2 Å². The minimum absolute atomic E-state index is 0. The van der Waals surface area contributed by atoms with Gasteiger partial charge in [0.15, 0.2) is 0 Å². The van der Waals surface area contributed by atoms with Crippen LogP contribution in [0.5, 0.6) is 0 Å². The molecule has 1 aliphatic rings. The van der Waals surface area contributed by atoms with E-state index in [1.54, 1.807) is 0 Å². The van der Waals surface area contributed by atoms with E-state index in [9.17, 15) is 0 Å². The van der Waals surface area contributed by atoms with Crippen LogP contribution in [-0.2, 0) is 0 Å². The van der Waals surface area contributed by atoms with Crippen LogP contribution in [0.2, 0.25) is 0 Å². The van der Waals surface area contributed by atoms with Gasteiger partial charge >= 0.3 is 0 Å². The van der Waals surface area contributed by atoms with Crippen LogP contribution in [0.1, 0.15) is 0 Å². The molecule has 1 fully saturated rings. The highest BCUT2D eigenvalue weighted by Gasteiger charge is 2.05. The van der Waals surface area contributed by atoms with Crippen LogP contribution in [0.15, 0.2) is 12.7 Å². The second kappa shape index (κ2) is 7.35. The Morgan fingerprint density at radius 2 is 2.00 bits per heavy atom. The van der Waals surface area contributed by atoms with Gasteiger partial charge in [-0.2, -0.15) is 0 Å². The fourth-order valence-electron chi connectivity index (χ4n) is 0.842. The Kier molecular flexibility index (Phi) is 9.46. The Balaban J connectivity index is 0. The van der Waals surface area contributed by atoms with Crippen molar-refractivity contribution in [3.05, 3.63) is 12.7 Å². The predicted octanol–water partition coefficient (Wildman–Crippen LogP) is 0.577. The molecule has 0 aromatic rings. The Bertz CT molecular complexity index is 81.8. The summed E-state index contributed by atoms with van der Waals surface area (Å²) in [6, 6.07) is 0.490. The van der Waals surface area contributed by atoms with Crippen molar-refractivity contribution >= 4 is 24.8 Å². The molecule has 0 saturated carbocycles. The molecule has 0 amide bonds. The number of nitrogens with one attached hydrogen (secondary N) is 2. The first-order valence-electron chi connectivity index (χ1n) is 3.00. The van der Waals surface area contributed by atoms with E-state index >= 15 is 0 Å². The van der Waals surface area contributed by atoms with Gasteiger partial charge < -0.3 is 10.6 Å². The molecule has 0 aromatic carbocycles. The predicted molar refractivity (Wildman–Crippen MR) is 49.4 cm³/mol. The highest BCUT2D eigenvalue weighted by atomic mass is 35.5. The Morgan fingerprint density at radius 1 is 1.30 bits per heavy atom. The number of hydrogen-bond donors (Lipinski definition) is 2. The van der Waals surface area contributed by atoms with Crippen molar-refractivity contribution in [3.63, 3.8) is 0 Å². The molecule has 2 N–H and O–H groups in total. The van der Waals surface area contributed by atoms with Crippen LogP contribution in [-0.4, -0.2) is 25.7 Å². The molecule has 1 atom stereocenters. The van der Waals surface area contributed by atoms with Gasteiger partial charge in [0.25, 0.3) is 0 Å². The third-order valence-electron chi connectivity index (χ3n) is 1.36. The fraction of sp³-hybridized carbons (Fsp3) is 0.667. The molecule has 2 nitrogen and oxygen atoms in total. The van der Waals surface area contributed by atoms with E-state index in [0.29, 0.717) is 6.04 Å². The summed E-state index contributed by atoms with van der Waals surface area (Å²) in [7, 11) is 0. The summed E-state index contributed by atoms with van der Waals surface area (Å²) >= 11 is 0. The standard InChI is InChI=1S/C6H12N2.2ClH/c1-2-6-5-7-3-4-8-6;;/h2,6-8H,1,3-5H2;2*1H. The van der Waals surface area contributed by atoms with Crippen molar-refractivity contribution < 1.29 is 0 Å². The number of rotatable bonds is 1. The van der Waals surface area contributed by atoms with Crippen LogP contribution in [0.4, 0.5) is 0 Å². The lowest BCUT2D eigenvalue weighted by Crippen LogP contribution is -2.46. The maximum Gasteiger partial charge on any atom is 0.0373 e. The summed E-state index contributed by atoms with van der Waals surface area (Å²) in [5, 5.41) is 6.54. The van der Waals surface area contributed by atoms with E-state index < -0.39 is 0 Å². The highest BCUT2D eigenvalue weighted by molar-refractivity contribution is 5.85. The molecular formula is C6H14Cl2N2. The van der Waals surface area contributed by atoms with Crippen LogP contribution in [0.3, 0.4) is 0 Å². The molecule has 0 spiro atoms. The van der Waals surface area contributed by atoms with Crippen LogP contribution in [0.25, 0.3) is 0 Å². The summed E-state index contributed by atoms with van der Waals surface area (Å²) in [4.78, 5) is 0. The van der Waals surface area contributed by atoms with Gasteiger partial charge in [-0.15, -0.1) is 31.4 Å². The van der Waals surface area contributed by atoms with Crippen molar-refractivity contribution in [1.82, 2.24) is 10.6 Å². The largest absolute Gasteiger partial charge is 0.314 e. The first kappa shape index (κ1) is 12.9. The molecule has 0 aromatic heterocycles. The van der Waals surface area contributed by atoms with Gasteiger partial charge in [0, 0.05) is 25.7 Å². The minimum Gasteiger partial charge on any atom is -0.314 e. The van der Waals surface area contributed by atoms with Crippen molar-refractivity contribution in [2.24, 2.45) is 0 Å². The van der Waals surface area contributed by atoms with E-state index in [1.807, 2.05) is 6.08 Å². The van der Waals surface area contributed by atoms with Gasteiger partial charge in [0.2, 0.25) is 0 Å².